The third kappa shape index (κ3) is 4.51. The number of aromatic nitrogens is 2. The molecule has 214 valence electrons. The maximum Gasteiger partial charge on any atom is 0.248 e. The second kappa shape index (κ2) is 10.7. The molecule has 0 atom stereocenters. The standard InChI is InChI=1S/C38H24N4OS2/c1-5-13-33-29(9-1)41(30-10-2-6-14-34(30)44-33)27-21-17-25(18-22-27)37-39-40-38(43-37)26-19-23-28(24-20-26)42-31-11-3-7-15-35(31)45-36-16-8-4-12-32(36)42/h1-24H. The average molecular weight is 617 g/mol. The molecule has 7 aromatic rings. The van der Waals surface area contributed by atoms with Gasteiger partial charge in [0.05, 0.1) is 22.7 Å². The van der Waals surface area contributed by atoms with Crippen molar-refractivity contribution in [3.63, 3.8) is 0 Å². The molecule has 1 aromatic heterocycles. The van der Waals surface area contributed by atoms with Crippen LogP contribution in [0.25, 0.3) is 22.9 Å². The fourth-order valence-corrected chi connectivity index (χ4v) is 8.04. The van der Waals surface area contributed by atoms with E-state index in [1.807, 2.05) is 24.3 Å². The summed E-state index contributed by atoms with van der Waals surface area (Å²) in [5.74, 6) is 0.984. The highest BCUT2D eigenvalue weighted by Crippen LogP contribution is 2.52. The molecule has 9 rings (SSSR count). The van der Waals surface area contributed by atoms with Gasteiger partial charge in [0.2, 0.25) is 11.8 Å². The lowest BCUT2D eigenvalue weighted by Gasteiger charge is -2.32. The van der Waals surface area contributed by atoms with Crippen LogP contribution in [-0.4, -0.2) is 10.2 Å². The monoisotopic (exact) mass is 616 g/mol. The number of hydrogen-bond acceptors (Lipinski definition) is 7. The van der Waals surface area contributed by atoms with Crippen molar-refractivity contribution < 1.29 is 4.42 Å². The van der Waals surface area contributed by atoms with Gasteiger partial charge >= 0.3 is 0 Å². The SMILES string of the molecule is c1ccc2c(c1)Sc1ccccc1N2c1ccc(-c2nnc(-c3ccc(N4c5ccccc5Sc5ccccc54)cc3)o2)cc1. The molecule has 45 heavy (non-hydrogen) atoms. The van der Waals surface area contributed by atoms with E-state index in [1.54, 1.807) is 23.5 Å². The maximum atomic E-state index is 6.20. The van der Waals surface area contributed by atoms with Crippen molar-refractivity contribution in [2.75, 3.05) is 9.80 Å². The van der Waals surface area contributed by atoms with Gasteiger partial charge < -0.3 is 14.2 Å². The Balaban J connectivity index is 1.00. The fourth-order valence-electron chi connectivity index (χ4n) is 5.93. The molecule has 0 unspecified atom stereocenters. The minimum atomic E-state index is 0.492. The van der Waals surface area contributed by atoms with E-state index in [9.17, 15) is 0 Å². The van der Waals surface area contributed by atoms with E-state index in [4.69, 9.17) is 4.42 Å². The summed E-state index contributed by atoms with van der Waals surface area (Å²) < 4.78 is 6.20. The van der Waals surface area contributed by atoms with Crippen LogP contribution in [-0.2, 0) is 0 Å². The summed E-state index contributed by atoms with van der Waals surface area (Å²) in [7, 11) is 0. The quantitative estimate of drug-likeness (QED) is 0.195. The highest BCUT2D eigenvalue weighted by atomic mass is 32.2. The summed E-state index contributed by atoms with van der Waals surface area (Å²) in [6.45, 7) is 0. The molecule has 5 nitrogen and oxygen atoms in total. The van der Waals surface area contributed by atoms with Crippen LogP contribution >= 0.6 is 23.5 Å². The first-order valence-electron chi connectivity index (χ1n) is 14.7. The van der Waals surface area contributed by atoms with Crippen molar-refractivity contribution in [2.24, 2.45) is 0 Å². The van der Waals surface area contributed by atoms with Crippen LogP contribution in [0.15, 0.2) is 170 Å². The number of rotatable bonds is 4. The van der Waals surface area contributed by atoms with Crippen molar-refractivity contribution in [3.05, 3.63) is 146 Å². The van der Waals surface area contributed by atoms with Gasteiger partial charge in [-0.3, -0.25) is 0 Å². The molecule has 7 heteroatoms. The summed E-state index contributed by atoms with van der Waals surface area (Å²) in [6, 6.07) is 50.7. The van der Waals surface area contributed by atoms with Crippen LogP contribution < -0.4 is 9.80 Å². The van der Waals surface area contributed by atoms with Gasteiger partial charge in [-0.1, -0.05) is 72.1 Å². The van der Waals surface area contributed by atoms with Gasteiger partial charge in [0.15, 0.2) is 0 Å². The third-order valence-corrected chi connectivity index (χ3v) is 10.3. The van der Waals surface area contributed by atoms with Crippen LogP contribution in [0.2, 0.25) is 0 Å². The van der Waals surface area contributed by atoms with Crippen molar-refractivity contribution in [1.29, 1.82) is 0 Å². The first-order valence-corrected chi connectivity index (χ1v) is 16.3. The van der Waals surface area contributed by atoms with Crippen LogP contribution in [0.4, 0.5) is 34.1 Å². The number of nitrogens with zero attached hydrogens (tertiary/aromatic N) is 4. The summed E-state index contributed by atoms with van der Waals surface area (Å²) >= 11 is 3.61. The molecule has 0 N–H and O–H groups in total. The second-order valence-electron chi connectivity index (χ2n) is 10.8. The number of anilines is 6. The van der Waals surface area contributed by atoms with E-state index in [0.29, 0.717) is 11.8 Å². The minimum absolute atomic E-state index is 0.492. The molecular formula is C38H24N4OS2. The summed E-state index contributed by atoms with van der Waals surface area (Å²) in [4.78, 5) is 9.56. The zero-order valence-electron chi connectivity index (χ0n) is 23.9. The predicted molar refractivity (Wildman–Crippen MR) is 183 cm³/mol. The maximum absolute atomic E-state index is 6.20. The van der Waals surface area contributed by atoms with Gasteiger partial charge in [-0.25, -0.2) is 0 Å². The Morgan fingerprint density at radius 2 is 0.689 bits per heavy atom. The van der Waals surface area contributed by atoms with Crippen molar-refractivity contribution in [1.82, 2.24) is 10.2 Å². The van der Waals surface area contributed by atoms with E-state index in [1.165, 1.54) is 42.3 Å². The van der Waals surface area contributed by atoms with E-state index >= 15 is 0 Å². The van der Waals surface area contributed by atoms with Gasteiger partial charge in [0.1, 0.15) is 0 Å². The van der Waals surface area contributed by atoms with Gasteiger partial charge in [-0.2, -0.15) is 0 Å². The van der Waals surface area contributed by atoms with Crippen LogP contribution in [0, 0.1) is 0 Å². The zero-order chi connectivity index (χ0) is 29.7. The van der Waals surface area contributed by atoms with E-state index in [2.05, 4.69) is 141 Å². The highest BCUT2D eigenvalue weighted by molar-refractivity contribution is 8.00. The number of benzene rings is 6. The van der Waals surface area contributed by atoms with Crippen LogP contribution in [0.1, 0.15) is 0 Å². The molecule has 0 amide bonds. The van der Waals surface area contributed by atoms with Gasteiger partial charge in [0.25, 0.3) is 0 Å². The minimum Gasteiger partial charge on any atom is -0.416 e. The lowest BCUT2D eigenvalue weighted by atomic mass is 10.1. The number of fused-ring (bicyclic) bond motifs is 4. The predicted octanol–water partition coefficient (Wildman–Crippen LogP) is 11.3. The lowest BCUT2D eigenvalue weighted by molar-refractivity contribution is 0.584. The van der Waals surface area contributed by atoms with Gasteiger partial charge in [0, 0.05) is 42.1 Å². The summed E-state index contributed by atoms with van der Waals surface area (Å²) in [5.41, 5.74) is 8.60. The Kier molecular flexibility index (Phi) is 6.25. The molecule has 0 fully saturated rings. The Labute approximate surface area is 269 Å². The summed E-state index contributed by atoms with van der Waals surface area (Å²) in [5, 5.41) is 8.80. The van der Waals surface area contributed by atoms with E-state index in [-0.39, 0.29) is 0 Å². The largest absolute Gasteiger partial charge is 0.416 e. The molecule has 6 aromatic carbocycles. The molecule has 0 aliphatic carbocycles. The lowest BCUT2D eigenvalue weighted by Crippen LogP contribution is -2.14. The Hall–Kier alpha value is -5.24. The number of para-hydroxylation sites is 4. The first kappa shape index (κ1) is 26.2. The normalized spacial score (nSPS) is 13.1. The molecule has 0 radical (unpaired) electrons. The second-order valence-corrected chi connectivity index (χ2v) is 12.9. The van der Waals surface area contributed by atoms with Gasteiger partial charge in [-0.05, 0) is 97.1 Å². The number of hydrogen-bond donors (Lipinski definition) is 0. The molecule has 0 bridgehead atoms. The molecular weight excluding hydrogens is 593 g/mol. The van der Waals surface area contributed by atoms with Crippen LogP contribution in [0.3, 0.4) is 0 Å². The highest BCUT2D eigenvalue weighted by Gasteiger charge is 2.26. The smallest absolute Gasteiger partial charge is 0.248 e. The Bertz CT molecular complexity index is 1950. The molecule has 0 spiro atoms. The average Bonchev–Trinajstić information content (AvgIpc) is 3.60. The fraction of sp³-hybridized carbons (Fsp3) is 0. The third-order valence-electron chi connectivity index (χ3n) is 8.03. The van der Waals surface area contributed by atoms with E-state index < -0.39 is 0 Å². The molecule has 0 saturated carbocycles. The molecule has 3 heterocycles. The molecule has 0 saturated heterocycles. The van der Waals surface area contributed by atoms with E-state index in [0.717, 1.165) is 22.5 Å². The van der Waals surface area contributed by atoms with Gasteiger partial charge in [-0.15, -0.1) is 10.2 Å². The summed E-state index contributed by atoms with van der Waals surface area (Å²) in [6.07, 6.45) is 0. The Morgan fingerprint density at radius 3 is 1.02 bits per heavy atom. The topological polar surface area (TPSA) is 45.4 Å². The Morgan fingerprint density at radius 1 is 0.378 bits per heavy atom. The first-order chi connectivity index (χ1) is 22.3. The van der Waals surface area contributed by atoms with Crippen LogP contribution in [0.5, 0.6) is 0 Å². The van der Waals surface area contributed by atoms with Crippen molar-refractivity contribution >= 4 is 57.6 Å². The molecule has 2 aliphatic rings. The van der Waals surface area contributed by atoms with Crippen molar-refractivity contribution in [2.45, 2.75) is 19.6 Å². The zero-order valence-corrected chi connectivity index (χ0v) is 25.5. The van der Waals surface area contributed by atoms with Crippen molar-refractivity contribution in [3.8, 4) is 22.9 Å². The molecule has 2 aliphatic heterocycles.